The maximum Gasteiger partial charge on any atom is 0.324 e. The zero-order valence-electron chi connectivity index (χ0n) is 13.1. The summed E-state index contributed by atoms with van der Waals surface area (Å²) in [4.78, 5) is 25.7. The lowest BCUT2D eigenvalue weighted by Gasteiger charge is -2.37. The molecule has 3 atom stereocenters. The van der Waals surface area contributed by atoms with Crippen molar-refractivity contribution in [3.63, 3.8) is 0 Å². The summed E-state index contributed by atoms with van der Waals surface area (Å²) >= 11 is 4.01. The van der Waals surface area contributed by atoms with Gasteiger partial charge in [-0.25, -0.2) is 0 Å². The largest absolute Gasteiger partial charge is 0.465 e. The van der Waals surface area contributed by atoms with Crippen molar-refractivity contribution in [2.75, 3.05) is 18.1 Å². The van der Waals surface area contributed by atoms with Crippen molar-refractivity contribution in [1.29, 1.82) is 0 Å². The smallest absolute Gasteiger partial charge is 0.324 e. The third-order valence-electron chi connectivity index (χ3n) is 5.36. The molecule has 1 aliphatic heterocycles. The molecule has 0 bridgehead atoms. The third-order valence-corrected chi connectivity index (χ3v) is 8.67. The quantitative estimate of drug-likeness (QED) is 0.445. The summed E-state index contributed by atoms with van der Waals surface area (Å²) in [6, 6.07) is 0. The number of thioether (sulfide) groups is 2. The average molecular weight is 341 g/mol. The predicted octanol–water partition coefficient (Wildman–Crippen LogP) is 3.68. The fourth-order valence-corrected chi connectivity index (χ4v) is 7.79. The Morgan fingerprint density at radius 3 is 2.73 bits per heavy atom. The van der Waals surface area contributed by atoms with E-state index in [1.165, 1.54) is 11.5 Å². The van der Waals surface area contributed by atoms with E-state index < -0.39 is 5.41 Å². The molecule has 0 aromatic carbocycles. The Morgan fingerprint density at radius 1 is 1.32 bits per heavy atom. The van der Waals surface area contributed by atoms with Gasteiger partial charge in [0.2, 0.25) is 0 Å². The Balaban J connectivity index is 2.00. The van der Waals surface area contributed by atoms with Gasteiger partial charge in [-0.05, 0) is 44.4 Å². The van der Waals surface area contributed by atoms with Gasteiger partial charge in [-0.1, -0.05) is 12.2 Å². The molecule has 0 radical (unpaired) electrons. The van der Waals surface area contributed by atoms with Gasteiger partial charge in [-0.15, -0.1) is 23.5 Å². The lowest BCUT2D eigenvalue weighted by atomic mass is 9.68. The van der Waals surface area contributed by atoms with Crippen LogP contribution in [0.4, 0.5) is 0 Å². The lowest BCUT2D eigenvalue weighted by Crippen LogP contribution is -2.47. The fraction of sp³-hybridized carbons (Fsp3) is 0.765. The van der Waals surface area contributed by atoms with Gasteiger partial charge in [0.1, 0.15) is 5.41 Å². The van der Waals surface area contributed by atoms with Gasteiger partial charge in [0.25, 0.3) is 0 Å². The van der Waals surface area contributed by atoms with E-state index in [2.05, 4.69) is 6.58 Å². The molecular formula is C17H24O3S2. The second-order valence-electron chi connectivity index (χ2n) is 6.37. The second-order valence-corrected chi connectivity index (χ2v) is 9.16. The van der Waals surface area contributed by atoms with Crippen LogP contribution in [0.1, 0.15) is 39.0 Å². The minimum atomic E-state index is -1.04. The normalized spacial score (nSPS) is 36.2. The van der Waals surface area contributed by atoms with Gasteiger partial charge in [-0.2, -0.15) is 0 Å². The van der Waals surface area contributed by atoms with E-state index in [-0.39, 0.29) is 17.7 Å². The molecule has 3 rings (SSSR count). The molecule has 0 unspecified atom stereocenters. The standard InChI is InChI=1S/C17H24O3S2/c1-3-20-16(19)17-11(2)7-8-13(17)12(5-4-6-14(17)18)15-21-9-10-22-15/h12-13,15H,2-10H2,1H3/t12-,13-,17+/m0/s1. The Kier molecular flexibility index (Phi) is 4.93. The highest BCUT2D eigenvalue weighted by atomic mass is 32.2. The van der Waals surface area contributed by atoms with E-state index in [0.717, 1.165) is 31.3 Å². The molecular weight excluding hydrogens is 316 g/mol. The summed E-state index contributed by atoms with van der Waals surface area (Å²) in [5, 5.41) is 0. The van der Waals surface area contributed by atoms with Crippen LogP contribution in [-0.2, 0) is 14.3 Å². The molecule has 0 aromatic rings. The summed E-state index contributed by atoms with van der Waals surface area (Å²) < 4.78 is 5.88. The molecule has 2 aliphatic carbocycles. The molecule has 0 amide bonds. The number of fused-ring (bicyclic) bond motifs is 1. The van der Waals surface area contributed by atoms with E-state index in [9.17, 15) is 9.59 Å². The van der Waals surface area contributed by atoms with Gasteiger partial charge in [0, 0.05) is 17.9 Å². The molecule has 122 valence electrons. The second kappa shape index (κ2) is 6.60. The highest BCUT2D eigenvalue weighted by Gasteiger charge is 2.61. The van der Waals surface area contributed by atoms with Gasteiger partial charge < -0.3 is 4.74 Å². The maximum absolute atomic E-state index is 12.9. The molecule has 3 aliphatic rings. The van der Waals surface area contributed by atoms with Crippen LogP contribution in [0.15, 0.2) is 12.2 Å². The van der Waals surface area contributed by atoms with Crippen LogP contribution in [0.5, 0.6) is 0 Å². The topological polar surface area (TPSA) is 43.4 Å². The van der Waals surface area contributed by atoms with Crippen molar-refractivity contribution >= 4 is 35.3 Å². The minimum absolute atomic E-state index is 0.0638. The van der Waals surface area contributed by atoms with E-state index in [1.54, 1.807) is 0 Å². The Labute approximate surface area is 141 Å². The van der Waals surface area contributed by atoms with Crippen LogP contribution in [0.3, 0.4) is 0 Å². The minimum Gasteiger partial charge on any atom is -0.465 e. The zero-order chi connectivity index (χ0) is 15.7. The highest BCUT2D eigenvalue weighted by Crippen LogP contribution is 2.58. The first-order chi connectivity index (χ1) is 10.6. The molecule has 3 fully saturated rings. The van der Waals surface area contributed by atoms with Crippen molar-refractivity contribution in [2.24, 2.45) is 17.3 Å². The molecule has 1 saturated heterocycles. The van der Waals surface area contributed by atoms with E-state index in [1.807, 2.05) is 30.4 Å². The zero-order valence-corrected chi connectivity index (χ0v) is 14.8. The van der Waals surface area contributed by atoms with Crippen molar-refractivity contribution in [1.82, 2.24) is 0 Å². The van der Waals surface area contributed by atoms with Gasteiger partial charge in [-0.3, -0.25) is 9.59 Å². The first-order valence-corrected chi connectivity index (χ1v) is 10.3. The summed E-state index contributed by atoms with van der Waals surface area (Å²) in [5.41, 5.74) is -0.234. The molecule has 1 heterocycles. The number of hydrogen-bond acceptors (Lipinski definition) is 5. The van der Waals surface area contributed by atoms with Gasteiger partial charge >= 0.3 is 5.97 Å². The summed E-state index contributed by atoms with van der Waals surface area (Å²) in [6.45, 7) is 6.26. The maximum atomic E-state index is 12.9. The molecule has 5 heteroatoms. The SMILES string of the molecule is C=C1CC[C@H]2[C@@H](C3SCCS3)CCCC(=O)[C@@]12C(=O)OCC. The highest BCUT2D eigenvalue weighted by molar-refractivity contribution is 8.20. The third kappa shape index (κ3) is 2.44. The van der Waals surface area contributed by atoms with Crippen molar-refractivity contribution in [2.45, 2.75) is 43.6 Å². The van der Waals surface area contributed by atoms with Gasteiger partial charge in [0.05, 0.1) is 11.2 Å². The Bertz CT molecular complexity index is 484. The monoisotopic (exact) mass is 340 g/mol. The first-order valence-electron chi connectivity index (χ1n) is 8.24. The number of carbonyl (C=O) groups is 2. The average Bonchev–Trinajstić information content (AvgIpc) is 3.09. The van der Waals surface area contributed by atoms with E-state index in [0.29, 0.717) is 23.5 Å². The van der Waals surface area contributed by atoms with Crippen LogP contribution in [-0.4, -0.2) is 34.4 Å². The van der Waals surface area contributed by atoms with E-state index >= 15 is 0 Å². The molecule has 0 N–H and O–H groups in total. The number of ether oxygens (including phenoxy) is 1. The van der Waals surface area contributed by atoms with Crippen LogP contribution in [0.25, 0.3) is 0 Å². The number of ketones is 1. The van der Waals surface area contributed by atoms with Crippen molar-refractivity contribution in [3.8, 4) is 0 Å². The predicted molar refractivity (Wildman–Crippen MR) is 92.0 cm³/mol. The summed E-state index contributed by atoms with van der Waals surface area (Å²) in [7, 11) is 0. The van der Waals surface area contributed by atoms with Crippen LogP contribution in [0, 0.1) is 17.3 Å². The molecule has 22 heavy (non-hydrogen) atoms. The fourth-order valence-electron chi connectivity index (χ4n) is 4.45. The molecule has 0 aromatic heterocycles. The molecule has 3 nitrogen and oxygen atoms in total. The number of esters is 1. The van der Waals surface area contributed by atoms with Crippen molar-refractivity contribution in [3.05, 3.63) is 12.2 Å². The first kappa shape index (κ1) is 16.4. The lowest BCUT2D eigenvalue weighted by molar-refractivity contribution is -0.160. The molecule has 0 spiro atoms. The number of rotatable bonds is 3. The number of hydrogen-bond donors (Lipinski definition) is 0. The van der Waals surface area contributed by atoms with Gasteiger partial charge in [0.15, 0.2) is 5.78 Å². The summed E-state index contributed by atoms with van der Waals surface area (Å²) in [6.07, 6.45) is 4.13. The summed E-state index contributed by atoms with van der Waals surface area (Å²) in [5.74, 6) is 2.62. The van der Waals surface area contributed by atoms with Crippen LogP contribution < -0.4 is 0 Å². The van der Waals surface area contributed by atoms with Crippen LogP contribution in [0.2, 0.25) is 0 Å². The number of carbonyl (C=O) groups excluding carboxylic acids is 2. The Hall–Kier alpha value is -0.420. The van der Waals surface area contributed by atoms with E-state index in [4.69, 9.17) is 4.74 Å². The van der Waals surface area contributed by atoms with Crippen molar-refractivity contribution < 1.29 is 14.3 Å². The van der Waals surface area contributed by atoms with Crippen LogP contribution >= 0.6 is 23.5 Å². The number of Topliss-reactive ketones (excluding diaryl/α,β-unsaturated/α-hetero) is 1. The molecule has 2 saturated carbocycles. The Morgan fingerprint density at radius 2 is 2.05 bits per heavy atom.